The Bertz CT molecular complexity index is 536. The Morgan fingerprint density at radius 2 is 1.79 bits per heavy atom. The second kappa shape index (κ2) is 9.27. The molecule has 0 spiro atoms. The molecule has 1 aromatic rings. The van der Waals surface area contributed by atoms with Gasteiger partial charge < -0.3 is 14.8 Å². The topological polar surface area (TPSA) is 67.9 Å². The first-order chi connectivity index (χ1) is 11.6. The van der Waals surface area contributed by atoms with Crippen LogP contribution in [-0.2, 0) is 14.3 Å². The molecule has 0 saturated carbocycles. The van der Waals surface area contributed by atoms with Gasteiger partial charge in [0.05, 0.1) is 25.7 Å². The van der Waals surface area contributed by atoms with E-state index in [-0.39, 0.29) is 17.8 Å². The van der Waals surface area contributed by atoms with E-state index in [1.54, 1.807) is 0 Å². The van der Waals surface area contributed by atoms with Crippen molar-refractivity contribution in [3.8, 4) is 5.75 Å². The number of nitrogens with zero attached hydrogens (tertiary/aromatic N) is 1. The number of nitrogens with one attached hydrogen (secondary N) is 1. The van der Waals surface area contributed by atoms with Crippen molar-refractivity contribution >= 4 is 17.6 Å². The van der Waals surface area contributed by atoms with Crippen LogP contribution in [0.2, 0.25) is 0 Å². The minimum Gasteiger partial charge on any atom is -0.494 e. The summed E-state index contributed by atoms with van der Waals surface area (Å²) in [6.45, 7) is 6.60. The standard InChI is InChI=1S/C18H26N2O4/c1-3-23-16-7-5-15(6-8-16)19-17(21)13-20-11-9-14(10-12-20)18(22)24-4-2/h5-8,14H,3-4,9-13H2,1-2H3,(H,19,21). The highest BCUT2D eigenvalue weighted by Crippen LogP contribution is 2.19. The normalized spacial score (nSPS) is 15.8. The summed E-state index contributed by atoms with van der Waals surface area (Å²) >= 11 is 0. The van der Waals surface area contributed by atoms with Crippen molar-refractivity contribution in [1.29, 1.82) is 0 Å². The average Bonchev–Trinajstić information content (AvgIpc) is 2.58. The smallest absolute Gasteiger partial charge is 0.309 e. The lowest BCUT2D eigenvalue weighted by atomic mass is 9.97. The van der Waals surface area contributed by atoms with Gasteiger partial charge in [-0.25, -0.2) is 0 Å². The predicted molar refractivity (Wildman–Crippen MR) is 92.0 cm³/mol. The van der Waals surface area contributed by atoms with Gasteiger partial charge in [-0.2, -0.15) is 0 Å². The zero-order valence-corrected chi connectivity index (χ0v) is 14.4. The van der Waals surface area contributed by atoms with E-state index in [0.717, 1.165) is 37.4 Å². The van der Waals surface area contributed by atoms with Crippen LogP contribution < -0.4 is 10.1 Å². The fraction of sp³-hybridized carbons (Fsp3) is 0.556. The Balaban J connectivity index is 1.74. The van der Waals surface area contributed by atoms with E-state index in [2.05, 4.69) is 10.2 Å². The number of rotatable bonds is 7. The number of carbonyl (C=O) groups is 2. The Labute approximate surface area is 143 Å². The van der Waals surface area contributed by atoms with Crippen LogP contribution in [0, 0.1) is 5.92 Å². The van der Waals surface area contributed by atoms with Crippen LogP contribution >= 0.6 is 0 Å². The van der Waals surface area contributed by atoms with Gasteiger partial charge in [-0.15, -0.1) is 0 Å². The molecule has 1 saturated heterocycles. The van der Waals surface area contributed by atoms with E-state index in [0.29, 0.717) is 19.8 Å². The molecule has 1 heterocycles. The number of ether oxygens (including phenoxy) is 2. The van der Waals surface area contributed by atoms with Crippen molar-refractivity contribution in [2.75, 3.05) is 38.2 Å². The van der Waals surface area contributed by atoms with E-state index in [1.165, 1.54) is 0 Å². The first kappa shape index (κ1) is 18.3. The molecule has 24 heavy (non-hydrogen) atoms. The molecule has 1 aliphatic heterocycles. The molecule has 1 aliphatic rings. The molecule has 0 unspecified atom stereocenters. The number of likely N-dealkylation sites (tertiary alicyclic amines) is 1. The van der Waals surface area contributed by atoms with E-state index in [9.17, 15) is 9.59 Å². The summed E-state index contributed by atoms with van der Waals surface area (Å²) in [4.78, 5) is 25.9. The van der Waals surface area contributed by atoms with Gasteiger partial charge in [-0.1, -0.05) is 0 Å². The first-order valence-corrected chi connectivity index (χ1v) is 8.54. The van der Waals surface area contributed by atoms with Gasteiger partial charge >= 0.3 is 5.97 Å². The summed E-state index contributed by atoms with van der Waals surface area (Å²) in [5.41, 5.74) is 0.755. The maximum absolute atomic E-state index is 12.1. The number of amides is 1. The van der Waals surface area contributed by atoms with E-state index >= 15 is 0 Å². The van der Waals surface area contributed by atoms with Gasteiger partial charge in [0.1, 0.15) is 5.75 Å². The van der Waals surface area contributed by atoms with Crippen molar-refractivity contribution in [1.82, 2.24) is 4.90 Å². The van der Waals surface area contributed by atoms with E-state index < -0.39 is 0 Å². The zero-order chi connectivity index (χ0) is 17.4. The van der Waals surface area contributed by atoms with Crippen LogP contribution in [0.5, 0.6) is 5.75 Å². The lowest BCUT2D eigenvalue weighted by molar-refractivity contribution is -0.149. The number of hydrogen-bond acceptors (Lipinski definition) is 5. The summed E-state index contributed by atoms with van der Waals surface area (Å²) in [5.74, 6) is 0.594. The van der Waals surface area contributed by atoms with Gasteiger partial charge in [-0.05, 0) is 64.0 Å². The summed E-state index contributed by atoms with van der Waals surface area (Å²) in [6.07, 6.45) is 1.49. The van der Waals surface area contributed by atoms with Gasteiger partial charge in [0.2, 0.25) is 5.91 Å². The molecule has 6 heteroatoms. The number of piperidine rings is 1. The number of anilines is 1. The molecular formula is C18H26N2O4. The van der Waals surface area contributed by atoms with Crippen LogP contribution in [-0.4, -0.2) is 49.6 Å². The molecule has 1 aromatic carbocycles. The SMILES string of the molecule is CCOC(=O)C1CCN(CC(=O)Nc2ccc(OCC)cc2)CC1. The second-order valence-corrected chi connectivity index (χ2v) is 5.81. The molecule has 0 radical (unpaired) electrons. The van der Waals surface area contributed by atoms with Crippen molar-refractivity contribution < 1.29 is 19.1 Å². The second-order valence-electron chi connectivity index (χ2n) is 5.81. The minimum atomic E-state index is -0.115. The molecule has 0 bridgehead atoms. The quantitative estimate of drug-likeness (QED) is 0.775. The lowest BCUT2D eigenvalue weighted by Gasteiger charge is -2.30. The maximum atomic E-state index is 12.1. The van der Waals surface area contributed by atoms with Crippen molar-refractivity contribution in [3.63, 3.8) is 0 Å². The zero-order valence-electron chi connectivity index (χ0n) is 14.4. The molecular weight excluding hydrogens is 308 g/mol. The molecule has 2 rings (SSSR count). The molecule has 0 aromatic heterocycles. The highest BCUT2D eigenvalue weighted by Gasteiger charge is 2.26. The van der Waals surface area contributed by atoms with E-state index in [4.69, 9.17) is 9.47 Å². The van der Waals surface area contributed by atoms with Gasteiger partial charge in [0.15, 0.2) is 0 Å². The van der Waals surface area contributed by atoms with Crippen molar-refractivity contribution in [3.05, 3.63) is 24.3 Å². The Morgan fingerprint density at radius 1 is 1.12 bits per heavy atom. The summed E-state index contributed by atoms with van der Waals surface area (Å²) < 4.78 is 10.4. The lowest BCUT2D eigenvalue weighted by Crippen LogP contribution is -2.41. The van der Waals surface area contributed by atoms with Gasteiger partial charge in [0, 0.05) is 5.69 Å². The molecule has 6 nitrogen and oxygen atoms in total. The van der Waals surface area contributed by atoms with Crippen molar-refractivity contribution in [2.45, 2.75) is 26.7 Å². The summed E-state index contributed by atoms with van der Waals surface area (Å²) in [5, 5.41) is 2.89. The molecule has 0 aliphatic carbocycles. The molecule has 1 N–H and O–H groups in total. The highest BCUT2D eigenvalue weighted by atomic mass is 16.5. The van der Waals surface area contributed by atoms with Crippen LogP contribution in [0.4, 0.5) is 5.69 Å². The fourth-order valence-electron chi connectivity index (χ4n) is 2.79. The third-order valence-corrected chi connectivity index (χ3v) is 4.02. The first-order valence-electron chi connectivity index (χ1n) is 8.54. The number of hydrogen-bond donors (Lipinski definition) is 1. The molecule has 0 atom stereocenters. The van der Waals surface area contributed by atoms with Crippen molar-refractivity contribution in [2.24, 2.45) is 5.92 Å². The number of esters is 1. The third kappa shape index (κ3) is 5.53. The number of carbonyl (C=O) groups excluding carboxylic acids is 2. The monoisotopic (exact) mass is 334 g/mol. The van der Waals surface area contributed by atoms with Crippen LogP contribution in [0.15, 0.2) is 24.3 Å². The van der Waals surface area contributed by atoms with Crippen LogP contribution in [0.1, 0.15) is 26.7 Å². The fourth-order valence-corrected chi connectivity index (χ4v) is 2.79. The average molecular weight is 334 g/mol. The van der Waals surface area contributed by atoms with Gasteiger partial charge in [0.25, 0.3) is 0 Å². The summed E-state index contributed by atoms with van der Waals surface area (Å²) in [7, 11) is 0. The maximum Gasteiger partial charge on any atom is 0.309 e. The minimum absolute atomic E-state index is 0.0321. The number of benzene rings is 1. The Hall–Kier alpha value is -2.08. The Morgan fingerprint density at radius 3 is 2.38 bits per heavy atom. The largest absolute Gasteiger partial charge is 0.494 e. The third-order valence-electron chi connectivity index (χ3n) is 4.02. The Kier molecular flexibility index (Phi) is 7.06. The van der Waals surface area contributed by atoms with Gasteiger partial charge in [-0.3, -0.25) is 14.5 Å². The molecule has 132 valence electrons. The van der Waals surface area contributed by atoms with Crippen LogP contribution in [0.25, 0.3) is 0 Å². The van der Waals surface area contributed by atoms with Crippen LogP contribution in [0.3, 0.4) is 0 Å². The predicted octanol–water partition coefficient (Wildman–Crippen LogP) is 2.30. The highest BCUT2D eigenvalue weighted by molar-refractivity contribution is 5.92. The molecule has 1 amide bonds. The summed E-state index contributed by atoms with van der Waals surface area (Å²) in [6, 6.07) is 7.33. The van der Waals surface area contributed by atoms with E-state index in [1.807, 2.05) is 38.1 Å². The molecule has 1 fully saturated rings.